The van der Waals surface area contributed by atoms with E-state index in [4.69, 9.17) is 15.3 Å². The van der Waals surface area contributed by atoms with Crippen LogP contribution < -0.4 is 0 Å². The van der Waals surface area contributed by atoms with Crippen molar-refractivity contribution in [3.8, 4) is 0 Å². The number of unbranched alkanes of at least 4 members (excludes halogenated alkanes) is 6. The Kier molecular flexibility index (Phi) is 11.7. The number of allylic oxidation sites excluding steroid dienone is 2. The first-order valence-electron chi connectivity index (χ1n) is 10.8. The zero-order valence-corrected chi connectivity index (χ0v) is 16.6. The van der Waals surface area contributed by atoms with Crippen LogP contribution in [0.15, 0.2) is 12.2 Å². The molecule has 0 aromatic heterocycles. The second-order valence-electron chi connectivity index (χ2n) is 8.29. The number of rotatable bonds is 14. The van der Waals surface area contributed by atoms with E-state index >= 15 is 0 Å². The summed E-state index contributed by atoms with van der Waals surface area (Å²) in [5.41, 5.74) is 0. The Balaban J connectivity index is 2.12. The van der Waals surface area contributed by atoms with Gasteiger partial charge >= 0.3 is 0 Å². The lowest BCUT2D eigenvalue weighted by Gasteiger charge is -2.17. The lowest BCUT2D eigenvalue weighted by molar-refractivity contribution is -0.315. The zero-order chi connectivity index (χ0) is 18.5. The molecule has 0 unspecified atom stereocenters. The summed E-state index contributed by atoms with van der Waals surface area (Å²) < 4.78 is 0. The smallest absolute Gasteiger partial charge is 0.275 e. The van der Waals surface area contributed by atoms with Gasteiger partial charge in [-0.05, 0) is 49.9 Å². The maximum Gasteiger partial charge on any atom is 0.275 e. The molecule has 0 amide bonds. The Morgan fingerprint density at radius 3 is 2.40 bits per heavy atom. The minimum absolute atomic E-state index is 0.0545. The van der Waals surface area contributed by atoms with Crippen LogP contribution in [0.25, 0.3) is 0 Å². The highest BCUT2D eigenvalue weighted by atomic mass is 16.7. The van der Waals surface area contributed by atoms with Gasteiger partial charge in [-0.3, -0.25) is 0 Å². The third-order valence-corrected chi connectivity index (χ3v) is 5.75. The molecule has 1 aliphatic rings. The maximum absolute atomic E-state index is 8.85. The summed E-state index contributed by atoms with van der Waals surface area (Å²) >= 11 is 0. The molecule has 0 heterocycles. The molecule has 1 saturated carbocycles. The van der Waals surface area contributed by atoms with Crippen molar-refractivity contribution in [2.45, 2.75) is 110 Å². The Hall–Kier alpha value is -0.380. The minimum atomic E-state index is -2.48. The second-order valence-corrected chi connectivity index (χ2v) is 8.29. The Bertz CT molecular complexity index is 346. The molecule has 0 radical (unpaired) electrons. The van der Waals surface area contributed by atoms with Crippen molar-refractivity contribution >= 4 is 0 Å². The molecule has 0 aromatic carbocycles. The predicted molar refractivity (Wildman–Crippen MR) is 105 cm³/mol. The van der Waals surface area contributed by atoms with Gasteiger partial charge < -0.3 is 15.3 Å². The first kappa shape index (κ1) is 22.7. The van der Waals surface area contributed by atoms with Crippen LogP contribution in [0, 0.1) is 17.8 Å². The summed E-state index contributed by atoms with van der Waals surface area (Å²) in [7, 11) is 0. The van der Waals surface area contributed by atoms with Crippen LogP contribution in [-0.4, -0.2) is 21.3 Å². The van der Waals surface area contributed by atoms with E-state index in [1.165, 1.54) is 64.2 Å². The van der Waals surface area contributed by atoms with Crippen molar-refractivity contribution in [1.82, 2.24) is 0 Å². The van der Waals surface area contributed by atoms with Crippen LogP contribution in [0.5, 0.6) is 0 Å². The summed E-state index contributed by atoms with van der Waals surface area (Å²) in [6, 6.07) is 0. The van der Waals surface area contributed by atoms with Gasteiger partial charge in [-0.15, -0.1) is 0 Å². The summed E-state index contributed by atoms with van der Waals surface area (Å²) in [5.74, 6) is -0.0761. The minimum Gasteiger partial charge on any atom is -0.344 e. The van der Waals surface area contributed by atoms with Gasteiger partial charge in [0.15, 0.2) is 0 Å². The fraction of sp³-hybridized carbons (Fsp3) is 0.909. The monoisotopic (exact) mass is 354 g/mol. The Labute approximate surface area is 155 Å². The molecule has 0 aromatic rings. The first-order chi connectivity index (χ1) is 11.9. The lowest BCUT2D eigenvalue weighted by atomic mass is 9.89. The standard InChI is InChI=1S/C22H42O3/c1-3-4-8-12-19(2)16-17-21-15-11-14-20(21)13-9-6-5-7-10-18-22(23,24)25/h16-17,19-21,23-25H,3-15,18H2,1-2H3/t19-,20+,21-/m1/s1. The van der Waals surface area contributed by atoms with Crippen LogP contribution in [0.2, 0.25) is 0 Å². The van der Waals surface area contributed by atoms with Gasteiger partial charge in [0.1, 0.15) is 0 Å². The molecule has 3 atom stereocenters. The molecule has 0 bridgehead atoms. The molecule has 3 N–H and O–H groups in total. The molecule has 0 aliphatic heterocycles. The topological polar surface area (TPSA) is 60.7 Å². The van der Waals surface area contributed by atoms with Gasteiger partial charge in [-0.25, -0.2) is 0 Å². The normalized spacial score (nSPS) is 22.8. The molecule has 1 rings (SSSR count). The van der Waals surface area contributed by atoms with Crippen LogP contribution in [-0.2, 0) is 0 Å². The number of hydrogen-bond acceptors (Lipinski definition) is 3. The molecular formula is C22H42O3. The second kappa shape index (κ2) is 12.9. The molecule has 0 spiro atoms. The molecule has 0 saturated heterocycles. The molecule has 25 heavy (non-hydrogen) atoms. The highest BCUT2D eigenvalue weighted by molar-refractivity contribution is 4.96. The fourth-order valence-electron chi connectivity index (χ4n) is 4.12. The highest BCUT2D eigenvalue weighted by Crippen LogP contribution is 2.36. The molecule has 1 aliphatic carbocycles. The third-order valence-electron chi connectivity index (χ3n) is 5.75. The van der Waals surface area contributed by atoms with Crippen molar-refractivity contribution in [2.75, 3.05) is 0 Å². The van der Waals surface area contributed by atoms with E-state index in [1.807, 2.05) is 0 Å². The Morgan fingerprint density at radius 2 is 1.68 bits per heavy atom. The van der Waals surface area contributed by atoms with Gasteiger partial charge in [-0.1, -0.05) is 77.4 Å². The average molecular weight is 355 g/mol. The van der Waals surface area contributed by atoms with E-state index in [0.717, 1.165) is 30.6 Å². The maximum atomic E-state index is 8.85. The van der Waals surface area contributed by atoms with Gasteiger partial charge in [-0.2, -0.15) is 0 Å². The average Bonchev–Trinajstić information content (AvgIpc) is 2.98. The molecule has 3 heteroatoms. The first-order valence-corrected chi connectivity index (χ1v) is 10.8. The lowest BCUT2D eigenvalue weighted by Crippen LogP contribution is -2.26. The summed E-state index contributed by atoms with van der Waals surface area (Å²) in [5, 5.41) is 26.5. The SMILES string of the molecule is CCCCC[C@@H](C)C=C[C@H]1CCC[C@@H]1CCCCCCCC(O)(O)O. The van der Waals surface area contributed by atoms with Gasteiger partial charge in [0.2, 0.25) is 0 Å². The largest absolute Gasteiger partial charge is 0.344 e. The van der Waals surface area contributed by atoms with Crippen molar-refractivity contribution < 1.29 is 15.3 Å². The van der Waals surface area contributed by atoms with Crippen LogP contribution in [0.3, 0.4) is 0 Å². The van der Waals surface area contributed by atoms with E-state index in [9.17, 15) is 0 Å². The van der Waals surface area contributed by atoms with E-state index in [0.29, 0.717) is 6.42 Å². The molecule has 148 valence electrons. The summed E-state index contributed by atoms with van der Waals surface area (Å²) in [6.45, 7) is 4.62. The molecule has 3 nitrogen and oxygen atoms in total. The van der Waals surface area contributed by atoms with Crippen molar-refractivity contribution in [3.63, 3.8) is 0 Å². The predicted octanol–water partition coefficient (Wildman–Crippen LogP) is 5.54. The quantitative estimate of drug-likeness (QED) is 0.218. The van der Waals surface area contributed by atoms with Crippen LogP contribution in [0.4, 0.5) is 0 Å². The van der Waals surface area contributed by atoms with E-state index in [2.05, 4.69) is 26.0 Å². The highest BCUT2D eigenvalue weighted by Gasteiger charge is 2.24. The number of aliphatic hydroxyl groups is 3. The van der Waals surface area contributed by atoms with Gasteiger partial charge in [0.05, 0.1) is 0 Å². The van der Waals surface area contributed by atoms with Crippen molar-refractivity contribution in [2.24, 2.45) is 17.8 Å². The Morgan fingerprint density at radius 1 is 0.960 bits per heavy atom. The van der Waals surface area contributed by atoms with E-state index in [1.54, 1.807) is 0 Å². The van der Waals surface area contributed by atoms with E-state index in [-0.39, 0.29) is 6.42 Å². The molecular weight excluding hydrogens is 312 g/mol. The summed E-state index contributed by atoms with van der Waals surface area (Å²) in [4.78, 5) is 0. The van der Waals surface area contributed by atoms with E-state index < -0.39 is 5.97 Å². The van der Waals surface area contributed by atoms with Crippen LogP contribution in [0.1, 0.15) is 104 Å². The molecule has 1 fully saturated rings. The summed E-state index contributed by atoms with van der Waals surface area (Å²) in [6.07, 6.45) is 21.2. The van der Waals surface area contributed by atoms with Crippen molar-refractivity contribution in [3.05, 3.63) is 12.2 Å². The van der Waals surface area contributed by atoms with Crippen molar-refractivity contribution in [1.29, 1.82) is 0 Å². The third kappa shape index (κ3) is 11.8. The number of hydrogen-bond donors (Lipinski definition) is 3. The zero-order valence-electron chi connectivity index (χ0n) is 16.6. The van der Waals surface area contributed by atoms with Gasteiger partial charge in [0, 0.05) is 6.42 Å². The van der Waals surface area contributed by atoms with Gasteiger partial charge in [0.25, 0.3) is 5.97 Å². The van der Waals surface area contributed by atoms with Crippen LogP contribution >= 0.6 is 0 Å². The fourth-order valence-corrected chi connectivity index (χ4v) is 4.12.